The SMILES string of the molecule is C[C@H]([C@H](C/C=C/c1nc2ccccc2o1)c1ccc2c(c1)OCO2)N(Cc1ccc2ccccc2c1)C(=O)C[C@@H](C(=O)O)[C@H](CC(=O)O)C(=O)O. The number of hydrogen-bond donors (Lipinski definition) is 3. The highest BCUT2D eigenvalue weighted by atomic mass is 16.7. The molecule has 0 spiro atoms. The number of aliphatic carboxylic acids is 3. The number of oxazole rings is 1. The quantitative estimate of drug-likeness (QED) is 0.108. The van der Waals surface area contributed by atoms with Gasteiger partial charge >= 0.3 is 17.9 Å². The van der Waals surface area contributed by atoms with Gasteiger partial charge in [-0.3, -0.25) is 19.2 Å². The summed E-state index contributed by atoms with van der Waals surface area (Å²) in [4.78, 5) is 56.4. The lowest BCUT2D eigenvalue weighted by Gasteiger charge is -2.36. The minimum Gasteiger partial charge on any atom is -0.481 e. The summed E-state index contributed by atoms with van der Waals surface area (Å²) in [6.45, 7) is 1.99. The molecule has 3 N–H and O–H groups in total. The zero-order valence-corrected chi connectivity index (χ0v) is 27.7. The maximum atomic E-state index is 14.3. The number of carbonyl (C=O) groups is 4. The first kappa shape index (κ1) is 34.7. The number of allylic oxidation sites excluding steroid dienone is 1. The highest BCUT2D eigenvalue weighted by molar-refractivity contribution is 5.88. The van der Waals surface area contributed by atoms with Crippen molar-refractivity contribution in [2.24, 2.45) is 11.8 Å². The number of para-hydroxylation sites is 2. The van der Waals surface area contributed by atoms with Crippen molar-refractivity contribution in [3.63, 3.8) is 0 Å². The molecule has 1 aliphatic rings. The van der Waals surface area contributed by atoms with Crippen molar-refractivity contribution in [1.29, 1.82) is 0 Å². The van der Waals surface area contributed by atoms with Crippen LogP contribution in [0.15, 0.2) is 95.4 Å². The Morgan fingerprint density at radius 1 is 0.824 bits per heavy atom. The van der Waals surface area contributed by atoms with E-state index in [2.05, 4.69) is 4.98 Å². The van der Waals surface area contributed by atoms with E-state index in [-0.39, 0.29) is 19.3 Å². The number of amides is 1. The van der Waals surface area contributed by atoms with E-state index in [1.165, 1.54) is 0 Å². The number of carboxylic acid groups (broad SMARTS) is 3. The van der Waals surface area contributed by atoms with Gasteiger partial charge in [0.1, 0.15) is 5.52 Å². The molecule has 0 aliphatic carbocycles. The molecule has 12 heteroatoms. The molecule has 4 atom stereocenters. The minimum absolute atomic E-state index is 0.0703. The molecule has 1 aromatic heterocycles. The number of nitrogens with zero attached hydrogens (tertiary/aromatic N) is 2. The van der Waals surface area contributed by atoms with Gasteiger partial charge in [0.2, 0.25) is 18.6 Å². The monoisotopic (exact) mass is 692 g/mol. The Bertz CT molecular complexity index is 2090. The minimum atomic E-state index is -1.81. The third-order valence-electron chi connectivity index (χ3n) is 9.26. The van der Waals surface area contributed by atoms with Crippen LogP contribution in [0, 0.1) is 11.8 Å². The van der Waals surface area contributed by atoms with E-state index in [9.17, 15) is 34.5 Å². The molecule has 0 fully saturated rings. The fourth-order valence-corrected chi connectivity index (χ4v) is 6.54. The van der Waals surface area contributed by atoms with Crippen LogP contribution in [0.2, 0.25) is 0 Å². The molecule has 0 saturated carbocycles. The molecular weight excluding hydrogens is 656 g/mol. The number of carbonyl (C=O) groups excluding carboxylic acids is 1. The standard InChI is InChI=1S/C39H36N2O10/c1-23(28(27-15-16-33-34(18-27)50-22-49-33)9-6-12-35-40-31-10-4-5-11-32(31)51-35)41(21-24-13-14-25-7-2-3-8-26(25)17-24)36(42)19-29(38(45)46)30(39(47)48)20-37(43)44/h2-8,10-18,23,28-30H,9,19-22H2,1H3,(H,43,44)(H,45,46)(H,47,48)/b12-6+/t23-,28+,29-,30+/m1/s1. The van der Waals surface area contributed by atoms with Gasteiger partial charge in [-0.15, -0.1) is 0 Å². The van der Waals surface area contributed by atoms with Gasteiger partial charge < -0.3 is 34.1 Å². The van der Waals surface area contributed by atoms with Crippen LogP contribution in [-0.2, 0) is 25.7 Å². The Labute approximate surface area is 292 Å². The number of aromatic nitrogens is 1. The Morgan fingerprint density at radius 2 is 1.53 bits per heavy atom. The molecule has 51 heavy (non-hydrogen) atoms. The third kappa shape index (κ3) is 8.01. The first-order valence-corrected chi connectivity index (χ1v) is 16.4. The first-order chi connectivity index (χ1) is 24.6. The van der Waals surface area contributed by atoms with Crippen LogP contribution < -0.4 is 9.47 Å². The molecule has 2 heterocycles. The largest absolute Gasteiger partial charge is 0.481 e. The number of rotatable bonds is 15. The molecule has 1 aliphatic heterocycles. The van der Waals surface area contributed by atoms with Gasteiger partial charge in [-0.1, -0.05) is 60.7 Å². The van der Waals surface area contributed by atoms with Gasteiger partial charge in [-0.2, -0.15) is 0 Å². The molecule has 5 aromatic rings. The zero-order valence-electron chi connectivity index (χ0n) is 27.7. The van der Waals surface area contributed by atoms with Crippen LogP contribution in [0.4, 0.5) is 0 Å². The van der Waals surface area contributed by atoms with E-state index in [1.54, 1.807) is 17.0 Å². The van der Waals surface area contributed by atoms with Gasteiger partial charge in [0.15, 0.2) is 17.1 Å². The van der Waals surface area contributed by atoms with Crippen LogP contribution in [-0.4, -0.2) is 61.9 Å². The van der Waals surface area contributed by atoms with E-state index in [1.807, 2.05) is 91.9 Å². The molecule has 262 valence electrons. The Hall–Kier alpha value is -6.17. The van der Waals surface area contributed by atoms with Crippen molar-refractivity contribution in [1.82, 2.24) is 9.88 Å². The number of benzene rings is 4. The summed E-state index contributed by atoms with van der Waals surface area (Å²) in [7, 11) is 0. The predicted octanol–water partition coefficient (Wildman–Crippen LogP) is 6.58. The molecule has 0 bridgehead atoms. The lowest BCUT2D eigenvalue weighted by molar-refractivity contribution is -0.159. The fraction of sp³-hybridized carbons (Fsp3) is 0.256. The Morgan fingerprint density at radius 3 is 2.27 bits per heavy atom. The predicted molar refractivity (Wildman–Crippen MR) is 186 cm³/mol. The zero-order chi connectivity index (χ0) is 36.1. The number of carboxylic acids is 3. The lowest BCUT2D eigenvalue weighted by Crippen LogP contribution is -2.44. The molecule has 12 nitrogen and oxygen atoms in total. The van der Waals surface area contributed by atoms with Gasteiger partial charge in [0.25, 0.3) is 0 Å². The van der Waals surface area contributed by atoms with Gasteiger partial charge in [0.05, 0.1) is 18.3 Å². The Balaban J connectivity index is 1.37. The fourth-order valence-electron chi connectivity index (χ4n) is 6.54. The molecule has 0 unspecified atom stereocenters. The van der Waals surface area contributed by atoms with Crippen molar-refractivity contribution in [2.45, 2.75) is 44.7 Å². The summed E-state index contributed by atoms with van der Waals surface area (Å²) in [5.41, 5.74) is 2.93. The second-order valence-electron chi connectivity index (χ2n) is 12.5. The van der Waals surface area contributed by atoms with Crippen LogP contribution in [0.25, 0.3) is 27.9 Å². The van der Waals surface area contributed by atoms with Crippen LogP contribution in [0.3, 0.4) is 0 Å². The number of fused-ring (bicyclic) bond motifs is 3. The van der Waals surface area contributed by atoms with Gasteiger partial charge in [-0.25, -0.2) is 4.98 Å². The summed E-state index contributed by atoms with van der Waals surface area (Å²) in [5.74, 6) is -7.72. The van der Waals surface area contributed by atoms with Crippen molar-refractivity contribution < 1.29 is 48.4 Å². The molecule has 0 radical (unpaired) electrons. The topological polar surface area (TPSA) is 177 Å². The average molecular weight is 693 g/mol. The van der Waals surface area contributed by atoms with Crippen molar-refractivity contribution >= 4 is 51.8 Å². The van der Waals surface area contributed by atoms with Crippen molar-refractivity contribution in [3.8, 4) is 11.5 Å². The summed E-state index contributed by atoms with van der Waals surface area (Å²) in [6, 6.07) is 25.8. The highest BCUT2D eigenvalue weighted by Crippen LogP contribution is 2.38. The van der Waals surface area contributed by atoms with Gasteiger partial charge in [-0.05, 0) is 71.7 Å². The molecule has 6 rings (SSSR count). The lowest BCUT2D eigenvalue weighted by atomic mass is 9.84. The summed E-state index contributed by atoms with van der Waals surface area (Å²) in [6.07, 6.45) is 2.37. The van der Waals surface area contributed by atoms with Crippen LogP contribution >= 0.6 is 0 Å². The molecular formula is C39H36N2O10. The maximum Gasteiger partial charge on any atom is 0.307 e. The Kier molecular flexibility index (Phi) is 10.3. The molecule has 4 aromatic carbocycles. The van der Waals surface area contributed by atoms with E-state index in [0.29, 0.717) is 34.9 Å². The molecule has 0 saturated heterocycles. The van der Waals surface area contributed by atoms with E-state index in [0.717, 1.165) is 21.9 Å². The maximum absolute atomic E-state index is 14.3. The van der Waals surface area contributed by atoms with Crippen molar-refractivity contribution in [3.05, 3.63) is 108 Å². The summed E-state index contributed by atoms with van der Waals surface area (Å²) >= 11 is 0. The van der Waals surface area contributed by atoms with E-state index >= 15 is 0 Å². The molecule has 1 amide bonds. The number of ether oxygens (including phenoxy) is 2. The number of hydrogen-bond acceptors (Lipinski definition) is 8. The normalized spacial score (nSPS) is 14.7. The van der Waals surface area contributed by atoms with Crippen LogP contribution in [0.5, 0.6) is 11.5 Å². The highest BCUT2D eigenvalue weighted by Gasteiger charge is 2.39. The first-order valence-electron chi connectivity index (χ1n) is 16.4. The smallest absolute Gasteiger partial charge is 0.307 e. The van der Waals surface area contributed by atoms with Crippen LogP contribution in [0.1, 0.15) is 49.1 Å². The van der Waals surface area contributed by atoms with E-state index < -0.39 is 54.5 Å². The third-order valence-corrected chi connectivity index (χ3v) is 9.26. The summed E-state index contributed by atoms with van der Waals surface area (Å²) < 4.78 is 17.1. The summed E-state index contributed by atoms with van der Waals surface area (Å²) in [5, 5.41) is 31.2. The van der Waals surface area contributed by atoms with E-state index in [4.69, 9.17) is 13.9 Å². The second-order valence-corrected chi connectivity index (χ2v) is 12.5. The van der Waals surface area contributed by atoms with Gasteiger partial charge in [0, 0.05) is 24.9 Å². The second kappa shape index (κ2) is 15.2. The van der Waals surface area contributed by atoms with Crippen molar-refractivity contribution in [2.75, 3.05) is 6.79 Å². The average Bonchev–Trinajstić information content (AvgIpc) is 3.76.